The first kappa shape index (κ1) is 24.1. The monoisotopic (exact) mass is 495 g/mol. The predicted molar refractivity (Wildman–Crippen MR) is 123 cm³/mol. The van der Waals surface area contributed by atoms with E-state index in [9.17, 15) is 22.8 Å². The molecule has 12 heteroatoms. The van der Waals surface area contributed by atoms with E-state index in [1.54, 1.807) is 13.8 Å². The summed E-state index contributed by atoms with van der Waals surface area (Å²) in [6.07, 6.45) is 1.71. The van der Waals surface area contributed by atoms with Gasteiger partial charge in [0.1, 0.15) is 5.69 Å². The number of carbonyl (C=O) groups is 2. The SMILES string of the molecule is CC1(C)c2[nH]nc(NC(=O)C3([Si](C)(C)C)CC3)c2CN1C(=O)Nc1c(F)cccc1OC(F)F. The van der Waals surface area contributed by atoms with Crippen LogP contribution >= 0.6 is 0 Å². The lowest BCUT2D eigenvalue weighted by Gasteiger charge is -2.32. The second kappa shape index (κ2) is 8.03. The van der Waals surface area contributed by atoms with Crippen molar-refractivity contribution in [3.8, 4) is 5.75 Å². The number of benzene rings is 1. The van der Waals surface area contributed by atoms with Crippen LogP contribution in [0.4, 0.5) is 29.5 Å². The van der Waals surface area contributed by atoms with Gasteiger partial charge in [0.15, 0.2) is 17.4 Å². The molecule has 0 unspecified atom stereocenters. The molecule has 1 aromatic heterocycles. The van der Waals surface area contributed by atoms with E-state index in [1.807, 2.05) is 0 Å². The summed E-state index contributed by atoms with van der Waals surface area (Å²) in [5.41, 5.74) is -0.0806. The van der Waals surface area contributed by atoms with Gasteiger partial charge in [0.05, 0.1) is 25.9 Å². The van der Waals surface area contributed by atoms with Gasteiger partial charge >= 0.3 is 12.6 Å². The number of nitrogens with one attached hydrogen (secondary N) is 3. The molecule has 1 aliphatic heterocycles. The number of hydrogen-bond acceptors (Lipinski definition) is 4. The van der Waals surface area contributed by atoms with Crippen molar-refractivity contribution >= 4 is 31.5 Å². The van der Waals surface area contributed by atoms with Gasteiger partial charge in [-0.05, 0) is 38.8 Å². The molecule has 184 valence electrons. The molecule has 2 aromatic rings. The molecule has 2 aliphatic rings. The maximum absolute atomic E-state index is 14.3. The number of aromatic nitrogens is 2. The Bertz CT molecular complexity index is 1140. The highest BCUT2D eigenvalue weighted by molar-refractivity contribution is 6.83. The smallest absolute Gasteiger partial charge is 0.387 e. The lowest BCUT2D eigenvalue weighted by molar-refractivity contribution is -0.117. The van der Waals surface area contributed by atoms with Crippen molar-refractivity contribution in [1.29, 1.82) is 0 Å². The van der Waals surface area contributed by atoms with Gasteiger partial charge in [0.25, 0.3) is 0 Å². The van der Waals surface area contributed by atoms with E-state index in [4.69, 9.17) is 0 Å². The summed E-state index contributed by atoms with van der Waals surface area (Å²) in [5.74, 6) is -1.07. The van der Waals surface area contributed by atoms with Gasteiger partial charge in [0.2, 0.25) is 5.91 Å². The molecule has 0 bridgehead atoms. The summed E-state index contributed by atoms with van der Waals surface area (Å²) < 4.78 is 44.2. The Kier molecular flexibility index (Phi) is 5.70. The first-order chi connectivity index (χ1) is 15.8. The first-order valence-corrected chi connectivity index (χ1v) is 14.5. The molecule has 8 nitrogen and oxygen atoms in total. The van der Waals surface area contributed by atoms with Crippen molar-refractivity contribution in [2.75, 3.05) is 10.6 Å². The van der Waals surface area contributed by atoms with E-state index in [0.717, 1.165) is 25.0 Å². The predicted octanol–water partition coefficient (Wildman–Crippen LogP) is 5.24. The molecule has 2 heterocycles. The first-order valence-electron chi connectivity index (χ1n) is 11.0. The van der Waals surface area contributed by atoms with Crippen LogP contribution in [0.1, 0.15) is 37.9 Å². The second-order valence-electron chi connectivity index (χ2n) is 10.3. The van der Waals surface area contributed by atoms with Gasteiger partial charge in [0, 0.05) is 10.6 Å². The summed E-state index contributed by atoms with van der Waals surface area (Å²) in [5, 5.41) is 12.2. The van der Waals surface area contributed by atoms with Crippen molar-refractivity contribution in [2.24, 2.45) is 0 Å². The number of para-hydroxylation sites is 1. The van der Waals surface area contributed by atoms with E-state index in [2.05, 4.69) is 45.2 Å². The number of carbonyl (C=O) groups excluding carboxylic acids is 2. The molecule has 34 heavy (non-hydrogen) atoms. The molecule has 0 radical (unpaired) electrons. The minimum Gasteiger partial charge on any atom is -0.432 e. The molecule has 0 spiro atoms. The number of aromatic amines is 1. The van der Waals surface area contributed by atoms with Gasteiger partial charge in [-0.15, -0.1) is 0 Å². The maximum Gasteiger partial charge on any atom is 0.387 e. The summed E-state index contributed by atoms with van der Waals surface area (Å²) in [4.78, 5) is 27.6. The fourth-order valence-electron chi connectivity index (χ4n) is 4.61. The number of H-pyrrole nitrogens is 1. The van der Waals surface area contributed by atoms with Gasteiger partial charge < -0.3 is 20.3 Å². The Labute approximate surface area is 196 Å². The molecule has 1 aromatic carbocycles. The zero-order valence-electron chi connectivity index (χ0n) is 19.7. The van der Waals surface area contributed by atoms with Crippen molar-refractivity contribution in [3.63, 3.8) is 0 Å². The summed E-state index contributed by atoms with van der Waals surface area (Å²) in [6, 6.07) is 2.68. The van der Waals surface area contributed by atoms with Crippen LogP contribution in [0.5, 0.6) is 5.75 Å². The number of urea groups is 1. The Hall–Kier alpha value is -3.02. The van der Waals surface area contributed by atoms with Crippen LogP contribution in [-0.2, 0) is 16.9 Å². The van der Waals surface area contributed by atoms with E-state index < -0.39 is 43.5 Å². The Morgan fingerprint density at radius 2 is 1.88 bits per heavy atom. The number of rotatable bonds is 6. The summed E-state index contributed by atoms with van der Waals surface area (Å²) in [7, 11) is -1.75. The quantitative estimate of drug-likeness (QED) is 0.477. The highest BCUT2D eigenvalue weighted by Crippen LogP contribution is 2.61. The van der Waals surface area contributed by atoms with Crippen molar-refractivity contribution in [1.82, 2.24) is 15.1 Å². The minimum atomic E-state index is -3.18. The Morgan fingerprint density at radius 3 is 2.47 bits per heavy atom. The van der Waals surface area contributed by atoms with E-state index >= 15 is 0 Å². The summed E-state index contributed by atoms with van der Waals surface area (Å²) >= 11 is 0. The van der Waals surface area contributed by atoms with Crippen LogP contribution in [0.2, 0.25) is 24.7 Å². The third-order valence-corrected chi connectivity index (χ3v) is 10.6. The van der Waals surface area contributed by atoms with Crippen LogP contribution in [0.3, 0.4) is 0 Å². The average Bonchev–Trinajstić information content (AvgIpc) is 3.39. The van der Waals surface area contributed by atoms with Crippen molar-refractivity contribution in [3.05, 3.63) is 35.3 Å². The molecular weight excluding hydrogens is 467 g/mol. The van der Waals surface area contributed by atoms with Crippen LogP contribution in [-0.4, -0.2) is 41.7 Å². The number of alkyl halides is 2. The largest absolute Gasteiger partial charge is 0.432 e. The second-order valence-corrected chi connectivity index (χ2v) is 15.7. The summed E-state index contributed by atoms with van der Waals surface area (Å²) in [6.45, 7) is 6.94. The zero-order valence-corrected chi connectivity index (χ0v) is 20.7. The molecule has 0 saturated heterocycles. The molecule has 1 saturated carbocycles. The highest BCUT2D eigenvalue weighted by Gasteiger charge is 2.59. The molecule has 1 fully saturated rings. The number of hydrogen-bond donors (Lipinski definition) is 3. The van der Waals surface area contributed by atoms with E-state index in [0.29, 0.717) is 17.1 Å². The molecular formula is C22H28F3N5O3Si. The van der Waals surface area contributed by atoms with Crippen molar-refractivity contribution < 1.29 is 27.5 Å². The topological polar surface area (TPSA) is 99.4 Å². The van der Waals surface area contributed by atoms with Crippen LogP contribution in [0.25, 0.3) is 0 Å². The zero-order chi connectivity index (χ0) is 25.1. The number of nitrogens with zero attached hydrogens (tertiary/aromatic N) is 2. The number of anilines is 2. The lowest BCUT2D eigenvalue weighted by atomic mass is 10.0. The minimum absolute atomic E-state index is 0.0539. The van der Waals surface area contributed by atoms with Crippen LogP contribution in [0.15, 0.2) is 18.2 Å². The van der Waals surface area contributed by atoms with Gasteiger partial charge in [-0.2, -0.15) is 13.9 Å². The van der Waals surface area contributed by atoms with E-state index in [-0.39, 0.29) is 17.5 Å². The van der Waals surface area contributed by atoms with Gasteiger partial charge in [-0.1, -0.05) is 25.7 Å². The number of amides is 3. The Morgan fingerprint density at radius 1 is 1.21 bits per heavy atom. The molecule has 3 N–H and O–H groups in total. The number of ether oxygens (including phenoxy) is 1. The van der Waals surface area contributed by atoms with Gasteiger partial charge in [-0.25, -0.2) is 9.18 Å². The molecule has 4 rings (SSSR count). The number of fused-ring (bicyclic) bond motifs is 1. The van der Waals surface area contributed by atoms with E-state index in [1.165, 1.54) is 11.0 Å². The fraction of sp³-hybridized carbons (Fsp3) is 0.500. The lowest BCUT2D eigenvalue weighted by Crippen LogP contribution is -2.43. The van der Waals surface area contributed by atoms with Gasteiger partial charge in [-0.3, -0.25) is 9.89 Å². The third-order valence-electron chi connectivity index (χ3n) is 6.99. The standard InChI is InChI=1S/C22H28F3N5O3Si/c1-21(2)16-12(17(29-28-16)27-18(31)22(9-10-22)34(3,4)5)11-30(21)20(32)26-15-13(23)7-6-8-14(15)33-19(24)25/h6-8,19H,9-11H2,1-5H3,(H,26,32)(H2,27,28,29,31). The fourth-order valence-corrected chi connectivity index (χ4v) is 6.98. The van der Waals surface area contributed by atoms with Crippen LogP contribution in [0, 0.1) is 5.82 Å². The molecule has 3 amide bonds. The third kappa shape index (κ3) is 3.93. The van der Waals surface area contributed by atoms with Crippen LogP contribution < -0.4 is 15.4 Å². The normalized spacial score (nSPS) is 18.0. The molecule has 0 atom stereocenters. The highest BCUT2D eigenvalue weighted by atomic mass is 28.3. The Balaban J connectivity index is 1.55. The average molecular weight is 496 g/mol. The number of halogens is 3. The molecule has 1 aliphatic carbocycles. The maximum atomic E-state index is 14.3. The van der Waals surface area contributed by atoms with Crippen molar-refractivity contribution in [2.45, 2.75) is 70.1 Å².